The maximum atomic E-state index is 9.87. The van der Waals surface area contributed by atoms with Gasteiger partial charge in [-0.05, 0) is 47.9 Å². The van der Waals surface area contributed by atoms with E-state index < -0.39 is 0 Å². The lowest BCUT2D eigenvalue weighted by Gasteiger charge is -2.25. The van der Waals surface area contributed by atoms with Crippen molar-refractivity contribution in [1.82, 2.24) is 4.48 Å². The van der Waals surface area contributed by atoms with Crippen LogP contribution in [0, 0.1) is 0 Å². The van der Waals surface area contributed by atoms with E-state index in [4.69, 9.17) is 5.73 Å². The fraction of sp³-hybridized carbons (Fsp3) is 0.158. The van der Waals surface area contributed by atoms with Gasteiger partial charge in [-0.25, -0.2) is 0 Å². The Balaban J connectivity index is 0.00000225. The third-order valence-electron chi connectivity index (χ3n) is 3.84. The molecule has 0 aromatic heterocycles. The van der Waals surface area contributed by atoms with Crippen LogP contribution < -0.4 is 22.6 Å². The van der Waals surface area contributed by atoms with E-state index in [1.165, 1.54) is 0 Å². The molecule has 0 bridgehead atoms. The lowest BCUT2D eigenvalue weighted by Crippen LogP contribution is -3.00. The van der Waals surface area contributed by atoms with E-state index in [-0.39, 0.29) is 18.2 Å². The number of hydrogen-bond donors (Lipinski definition) is 2. The van der Waals surface area contributed by atoms with E-state index in [1.807, 2.05) is 24.3 Å². The summed E-state index contributed by atoms with van der Waals surface area (Å²) in [7, 11) is 6.23. The van der Waals surface area contributed by atoms with E-state index in [0.717, 1.165) is 27.8 Å². The number of nitrogen functional groups attached to an aromatic ring is 1. The predicted octanol–water partition coefficient (Wildman–Crippen LogP) is 1.74. The number of nitrogens with zero attached hydrogens (tertiary/aromatic N) is 3. The molecular weight excluding hydrogens is 336 g/mol. The molecular formula is C19H21ClN4O. The molecule has 5 nitrogen and oxygen atoms in total. The maximum absolute atomic E-state index is 9.87. The second-order valence-electron chi connectivity index (χ2n) is 6.64. The first-order valence-corrected chi connectivity index (χ1v) is 7.69. The minimum Gasteiger partial charge on any atom is -1.00 e. The molecule has 0 aliphatic carbocycles. The first-order chi connectivity index (χ1) is 11.3. The minimum absolute atomic E-state index is 0. The van der Waals surface area contributed by atoms with Crippen molar-refractivity contribution in [3.63, 3.8) is 0 Å². The molecule has 0 aliphatic heterocycles. The zero-order chi connectivity index (χ0) is 17.3. The SMILES string of the molecule is C[N+](C)(C)c1ccc2ccc(O)cc2c1N=Nc1ccc(N)cc1.[Cl-]. The molecule has 0 atom stereocenters. The molecule has 130 valence electrons. The summed E-state index contributed by atoms with van der Waals surface area (Å²) >= 11 is 0. The Hall–Kier alpha value is -2.63. The van der Waals surface area contributed by atoms with Crippen molar-refractivity contribution >= 4 is 33.5 Å². The molecule has 0 unspecified atom stereocenters. The topological polar surface area (TPSA) is 71.0 Å². The zero-order valence-corrected chi connectivity index (χ0v) is 15.2. The summed E-state index contributed by atoms with van der Waals surface area (Å²) in [5.41, 5.74) is 8.90. The van der Waals surface area contributed by atoms with Crippen LogP contribution in [0.3, 0.4) is 0 Å². The normalized spacial score (nSPS) is 11.6. The van der Waals surface area contributed by atoms with Crippen molar-refractivity contribution in [2.24, 2.45) is 10.2 Å². The van der Waals surface area contributed by atoms with Gasteiger partial charge in [0.25, 0.3) is 0 Å². The van der Waals surface area contributed by atoms with Crippen LogP contribution in [0.1, 0.15) is 0 Å². The number of rotatable bonds is 3. The Kier molecular flexibility index (Phi) is 5.30. The number of phenols is 1. The highest BCUT2D eigenvalue weighted by molar-refractivity contribution is 5.98. The summed E-state index contributed by atoms with van der Waals surface area (Å²) in [6.45, 7) is 0. The highest BCUT2D eigenvalue weighted by atomic mass is 35.5. The Labute approximate surface area is 153 Å². The Bertz CT molecular complexity index is 915. The summed E-state index contributed by atoms with van der Waals surface area (Å²) in [4.78, 5) is 0. The standard InChI is InChI=1S/C19H20N4O.ClH/c1-23(2,3)18-11-5-13-4-10-16(24)12-17(13)19(18)22-21-15-8-6-14(20)7-9-15;/h4-12H,1-3H3,(H2-,20,21,22,24);1H. The number of fused-ring (bicyclic) bond motifs is 1. The predicted molar refractivity (Wildman–Crippen MR) is 100 cm³/mol. The van der Waals surface area contributed by atoms with Crippen molar-refractivity contribution in [3.05, 3.63) is 54.6 Å². The fourth-order valence-corrected chi connectivity index (χ4v) is 2.58. The van der Waals surface area contributed by atoms with Crippen LogP contribution in [0.2, 0.25) is 0 Å². The van der Waals surface area contributed by atoms with Gasteiger partial charge in [0, 0.05) is 17.1 Å². The largest absolute Gasteiger partial charge is 1.00 e. The number of azo groups is 1. The molecule has 3 aromatic carbocycles. The number of benzene rings is 3. The van der Waals surface area contributed by atoms with Crippen LogP contribution in [-0.4, -0.2) is 26.2 Å². The van der Waals surface area contributed by atoms with E-state index in [9.17, 15) is 5.11 Å². The van der Waals surface area contributed by atoms with Gasteiger partial charge in [-0.3, -0.25) is 4.48 Å². The van der Waals surface area contributed by atoms with Crippen LogP contribution >= 0.6 is 0 Å². The lowest BCUT2D eigenvalue weighted by molar-refractivity contribution is -0.00000620. The van der Waals surface area contributed by atoms with Crippen LogP contribution in [-0.2, 0) is 0 Å². The average Bonchev–Trinajstić information content (AvgIpc) is 2.53. The average molecular weight is 357 g/mol. The van der Waals surface area contributed by atoms with Gasteiger partial charge in [0.1, 0.15) is 5.75 Å². The van der Waals surface area contributed by atoms with E-state index in [0.29, 0.717) is 10.2 Å². The number of anilines is 1. The van der Waals surface area contributed by atoms with Gasteiger partial charge in [-0.1, -0.05) is 6.07 Å². The molecule has 0 spiro atoms. The molecule has 0 fully saturated rings. The molecule has 3 aromatic rings. The third-order valence-corrected chi connectivity index (χ3v) is 3.84. The van der Waals surface area contributed by atoms with Crippen molar-refractivity contribution in [3.8, 4) is 5.75 Å². The van der Waals surface area contributed by atoms with E-state index in [1.54, 1.807) is 24.3 Å². The number of nitrogens with two attached hydrogens (primary N) is 1. The molecule has 0 saturated carbocycles. The second-order valence-corrected chi connectivity index (χ2v) is 6.64. The number of quaternary nitrogens is 1. The Morgan fingerprint density at radius 1 is 0.880 bits per heavy atom. The molecule has 0 saturated heterocycles. The van der Waals surface area contributed by atoms with Gasteiger partial charge in [0.05, 0.1) is 26.8 Å². The van der Waals surface area contributed by atoms with Crippen molar-refractivity contribution in [2.75, 3.05) is 26.9 Å². The summed E-state index contributed by atoms with van der Waals surface area (Å²) in [6.07, 6.45) is 0. The number of halogens is 1. The quantitative estimate of drug-likeness (QED) is 0.426. The summed E-state index contributed by atoms with van der Waals surface area (Å²) in [5.74, 6) is 0.213. The minimum atomic E-state index is 0. The van der Waals surface area contributed by atoms with Crippen LogP contribution in [0.4, 0.5) is 22.7 Å². The summed E-state index contributed by atoms with van der Waals surface area (Å²) in [6, 6.07) is 16.6. The van der Waals surface area contributed by atoms with Crippen molar-refractivity contribution < 1.29 is 17.5 Å². The molecule has 0 heterocycles. The number of phenolic OH excluding ortho intramolecular Hbond substituents is 1. The van der Waals surface area contributed by atoms with E-state index >= 15 is 0 Å². The lowest BCUT2D eigenvalue weighted by atomic mass is 10.1. The Morgan fingerprint density at radius 3 is 2.16 bits per heavy atom. The zero-order valence-electron chi connectivity index (χ0n) is 14.4. The van der Waals surface area contributed by atoms with Gasteiger partial charge in [0.15, 0.2) is 11.4 Å². The second kappa shape index (κ2) is 7.09. The van der Waals surface area contributed by atoms with Crippen LogP contribution in [0.5, 0.6) is 5.75 Å². The first kappa shape index (κ1) is 18.7. The maximum Gasteiger partial charge on any atom is 0.160 e. The molecule has 0 radical (unpaired) electrons. The monoisotopic (exact) mass is 356 g/mol. The highest BCUT2D eigenvalue weighted by Gasteiger charge is 2.20. The van der Waals surface area contributed by atoms with Crippen LogP contribution in [0.25, 0.3) is 10.8 Å². The number of hydrogen-bond acceptors (Lipinski definition) is 4. The fourth-order valence-electron chi connectivity index (χ4n) is 2.58. The summed E-state index contributed by atoms with van der Waals surface area (Å²) in [5, 5.41) is 20.6. The smallest absolute Gasteiger partial charge is 0.160 e. The van der Waals surface area contributed by atoms with Gasteiger partial charge in [-0.15, -0.1) is 5.11 Å². The van der Waals surface area contributed by atoms with Crippen molar-refractivity contribution in [1.29, 1.82) is 0 Å². The molecule has 0 aliphatic rings. The number of aromatic hydroxyl groups is 1. The molecule has 6 heteroatoms. The summed E-state index contributed by atoms with van der Waals surface area (Å²) < 4.78 is 0.599. The van der Waals surface area contributed by atoms with Gasteiger partial charge >= 0.3 is 0 Å². The molecule has 25 heavy (non-hydrogen) atoms. The Morgan fingerprint density at radius 2 is 1.52 bits per heavy atom. The molecule has 3 N–H and O–H groups in total. The van der Waals surface area contributed by atoms with Gasteiger partial charge < -0.3 is 23.2 Å². The van der Waals surface area contributed by atoms with Crippen LogP contribution in [0.15, 0.2) is 64.8 Å². The molecule has 3 rings (SSSR count). The van der Waals surface area contributed by atoms with Crippen molar-refractivity contribution in [2.45, 2.75) is 0 Å². The molecule has 0 amide bonds. The van der Waals surface area contributed by atoms with Gasteiger partial charge in [0.2, 0.25) is 0 Å². The van der Waals surface area contributed by atoms with Gasteiger partial charge in [-0.2, -0.15) is 5.11 Å². The highest BCUT2D eigenvalue weighted by Crippen LogP contribution is 2.40. The van der Waals surface area contributed by atoms with E-state index in [2.05, 4.69) is 37.4 Å². The first-order valence-electron chi connectivity index (χ1n) is 7.69. The third kappa shape index (κ3) is 4.07.